The summed E-state index contributed by atoms with van der Waals surface area (Å²) in [7, 11) is 0. The third-order valence-corrected chi connectivity index (χ3v) is 13.2. The lowest BCUT2D eigenvalue weighted by Crippen LogP contribution is -2.73. The molecule has 0 unspecified atom stereocenters. The van der Waals surface area contributed by atoms with Gasteiger partial charge in [-0.1, -0.05) is 47.1 Å². The van der Waals surface area contributed by atoms with Crippen molar-refractivity contribution in [3.8, 4) is 0 Å². The number of carboxylic acids is 1. The van der Waals surface area contributed by atoms with Gasteiger partial charge in [-0.3, -0.25) is 9.59 Å². The molecule has 6 heteroatoms. The van der Waals surface area contributed by atoms with Crippen LogP contribution in [0, 0.1) is 50.2 Å². The summed E-state index contributed by atoms with van der Waals surface area (Å²) in [4.78, 5) is 26.5. The summed E-state index contributed by atoms with van der Waals surface area (Å²) in [5, 5.41) is 43.4. The number of aliphatic carboxylic acids is 1. The summed E-state index contributed by atoms with van der Waals surface area (Å²) in [6.07, 6.45) is 3.83. The number of aliphatic hydroxyl groups is 3. The molecule has 0 aromatic rings. The molecular formula is C30H46O6. The summed E-state index contributed by atoms with van der Waals surface area (Å²) in [5.74, 6) is -1.30. The number of rotatable bonds is 1. The number of allylic oxidation sites excluding steroid dienone is 2. The van der Waals surface area contributed by atoms with Gasteiger partial charge in [-0.25, -0.2) is 0 Å². The molecule has 6 nitrogen and oxygen atoms in total. The molecule has 5 aliphatic rings. The molecule has 0 aromatic heterocycles. The summed E-state index contributed by atoms with van der Waals surface area (Å²) >= 11 is 0. The second kappa shape index (κ2) is 7.45. The van der Waals surface area contributed by atoms with Gasteiger partial charge in [-0.2, -0.15) is 0 Å². The van der Waals surface area contributed by atoms with Gasteiger partial charge >= 0.3 is 5.97 Å². The van der Waals surface area contributed by atoms with Crippen molar-refractivity contribution in [2.75, 3.05) is 0 Å². The molecule has 4 saturated carbocycles. The van der Waals surface area contributed by atoms with Crippen LogP contribution in [-0.4, -0.2) is 50.5 Å². The van der Waals surface area contributed by atoms with Crippen molar-refractivity contribution < 1.29 is 30.0 Å². The Morgan fingerprint density at radius 2 is 1.50 bits per heavy atom. The van der Waals surface area contributed by atoms with E-state index in [4.69, 9.17) is 0 Å². The average Bonchev–Trinajstić information content (AvgIpc) is 2.79. The van der Waals surface area contributed by atoms with Gasteiger partial charge in [0, 0.05) is 11.3 Å². The van der Waals surface area contributed by atoms with Crippen LogP contribution >= 0.6 is 0 Å². The Bertz CT molecular complexity index is 1030. The Hall–Kier alpha value is -1.24. The van der Waals surface area contributed by atoms with Gasteiger partial charge in [0.1, 0.15) is 6.10 Å². The summed E-state index contributed by atoms with van der Waals surface area (Å²) in [6, 6.07) is 0. The largest absolute Gasteiger partial charge is 0.481 e. The first-order valence-electron chi connectivity index (χ1n) is 13.9. The van der Waals surface area contributed by atoms with Crippen molar-refractivity contribution in [2.45, 2.75) is 112 Å². The fourth-order valence-electron chi connectivity index (χ4n) is 10.4. The minimum absolute atomic E-state index is 0.00228. The fraction of sp³-hybridized carbons (Fsp3) is 0.867. The van der Waals surface area contributed by atoms with E-state index in [-0.39, 0.29) is 28.4 Å². The normalized spacial score (nSPS) is 55.9. The molecule has 0 aliphatic heterocycles. The van der Waals surface area contributed by atoms with Crippen molar-refractivity contribution in [1.82, 2.24) is 0 Å². The first-order valence-corrected chi connectivity index (χ1v) is 13.9. The van der Waals surface area contributed by atoms with E-state index in [0.717, 1.165) is 37.7 Å². The molecule has 36 heavy (non-hydrogen) atoms. The molecule has 202 valence electrons. The molecule has 11 atom stereocenters. The molecule has 0 bridgehead atoms. The van der Waals surface area contributed by atoms with Crippen LogP contribution in [-0.2, 0) is 9.59 Å². The van der Waals surface area contributed by atoms with E-state index >= 15 is 0 Å². The predicted octanol–water partition coefficient (Wildman–Crippen LogP) is 4.35. The number of carbonyl (C=O) groups excluding carboxylic acids is 1. The van der Waals surface area contributed by atoms with E-state index in [2.05, 4.69) is 20.8 Å². The maximum Gasteiger partial charge on any atom is 0.309 e. The quantitative estimate of drug-likeness (QED) is 0.424. The molecule has 0 saturated heterocycles. The maximum atomic E-state index is 14.3. The number of hydrogen-bond acceptors (Lipinski definition) is 5. The molecule has 4 fully saturated rings. The van der Waals surface area contributed by atoms with Crippen LogP contribution in [0.1, 0.15) is 93.4 Å². The number of aliphatic hydroxyl groups excluding tert-OH is 3. The standard InChI is InChI=1S/C30H46O6/c1-25(2)19-8-9-29(6)21(30(19,7)23(34)20(32)22(25)33)18(31)14-16-17-15-27(4,24(35)36)11-10-26(17,3)12-13-28(16,29)5/h14,17,19-23,32-34H,8-13,15H2,1-7H3,(H,35,36)/t17-,19-,20+,21-,22-,23-,26+,27-,28+,29+,30-/m0/s1. The van der Waals surface area contributed by atoms with E-state index in [1.54, 1.807) is 0 Å². The Kier molecular flexibility index (Phi) is 5.45. The molecule has 5 rings (SSSR count). The molecule has 0 amide bonds. The van der Waals surface area contributed by atoms with Crippen LogP contribution in [0.3, 0.4) is 0 Å². The van der Waals surface area contributed by atoms with Crippen LogP contribution in [0.5, 0.6) is 0 Å². The maximum absolute atomic E-state index is 14.3. The fourth-order valence-corrected chi connectivity index (χ4v) is 10.4. The Morgan fingerprint density at radius 1 is 0.889 bits per heavy atom. The van der Waals surface area contributed by atoms with E-state index in [1.165, 1.54) is 0 Å². The van der Waals surface area contributed by atoms with Crippen molar-refractivity contribution in [2.24, 2.45) is 50.2 Å². The Balaban J connectivity index is 1.66. The van der Waals surface area contributed by atoms with Crippen LogP contribution in [0.2, 0.25) is 0 Å². The number of hydrogen-bond donors (Lipinski definition) is 4. The van der Waals surface area contributed by atoms with Gasteiger partial charge in [0.25, 0.3) is 0 Å². The van der Waals surface area contributed by atoms with Crippen LogP contribution in [0.15, 0.2) is 11.6 Å². The van der Waals surface area contributed by atoms with Gasteiger partial charge in [0.05, 0.1) is 17.6 Å². The molecule has 4 N–H and O–H groups in total. The zero-order chi connectivity index (χ0) is 26.9. The monoisotopic (exact) mass is 502 g/mol. The SMILES string of the molecule is CC1(C)[C@@H](O)[C@@H](O)[C@H](O)[C@]2(C)[C@H]3C(=O)C=C4[C@@H]5C[C@@](C)(C(=O)O)CC[C@]5(C)CC[C@@]4(C)[C@]3(C)CC[C@@H]12. The van der Waals surface area contributed by atoms with Gasteiger partial charge in [0.2, 0.25) is 0 Å². The number of carbonyl (C=O) groups is 2. The number of carboxylic acid groups (broad SMARTS) is 1. The molecule has 0 spiro atoms. The number of fused-ring (bicyclic) bond motifs is 7. The molecule has 5 aliphatic carbocycles. The second-order valence-corrected chi connectivity index (χ2v) is 15.1. The van der Waals surface area contributed by atoms with Gasteiger partial charge in [-0.15, -0.1) is 0 Å². The highest BCUT2D eigenvalue weighted by molar-refractivity contribution is 5.96. The number of ketones is 1. The molecule has 0 aromatic carbocycles. The summed E-state index contributed by atoms with van der Waals surface area (Å²) < 4.78 is 0. The summed E-state index contributed by atoms with van der Waals surface area (Å²) in [6.45, 7) is 14.5. The van der Waals surface area contributed by atoms with Gasteiger partial charge in [-0.05, 0) is 91.4 Å². The van der Waals surface area contributed by atoms with E-state index < -0.39 is 51.9 Å². The third-order valence-electron chi connectivity index (χ3n) is 13.2. The highest BCUT2D eigenvalue weighted by Gasteiger charge is 2.73. The van der Waals surface area contributed by atoms with E-state index in [9.17, 15) is 30.0 Å². The van der Waals surface area contributed by atoms with Crippen molar-refractivity contribution in [1.29, 1.82) is 0 Å². The minimum Gasteiger partial charge on any atom is -0.481 e. The lowest BCUT2D eigenvalue weighted by Gasteiger charge is -2.71. The predicted molar refractivity (Wildman–Crippen MR) is 136 cm³/mol. The Morgan fingerprint density at radius 3 is 2.11 bits per heavy atom. The highest BCUT2D eigenvalue weighted by atomic mass is 16.4. The summed E-state index contributed by atoms with van der Waals surface area (Å²) in [5.41, 5.74) is -1.94. The molecule has 0 radical (unpaired) electrons. The smallest absolute Gasteiger partial charge is 0.309 e. The minimum atomic E-state index is -1.31. The van der Waals surface area contributed by atoms with Crippen molar-refractivity contribution in [3.05, 3.63) is 11.6 Å². The van der Waals surface area contributed by atoms with Crippen LogP contribution < -0.4 is 0 Å². The van der Waals surface area contributed by atoms with Crippen LogP contribution in [0.25, 0.3) is 0 Å². The molecular weight excluding hydrogens is 456 g/mol. The average molecular weight is 503 g/mol. The first kappa shape index (κ1) is 26.4. The van der Waals surface area contributed by atoms with Gasteiger partial charge < -0.3 is 20.4 Å². The van der Waals surface area contributed by atoms with Crippen LogP contribution in [0.4, 0.5) is 0 Å². The van der Waals surface area contributed by atoms with Crippen molar-refractivity contribution >= 4 is 11.8 Å². The Labute approximate surface area is 215 Å². The van der Waals surface area contributed by atoms with E-state index in [1.807, 2.05) is 33.8 Å². The zero-order valence-corrected chi connectivity index (χ0v) is 23.1. The highest BCUT2D eigenvalue weighted by Crippen LogP contribution is 2.75. The lowest BCUT2D eigenvalue weighted by molar-refractivity contribution is -0.272. The van der Waals surface area contributed by atoms with E-state index in [0.29, 0.717) is 12.8 Å². The second-order valence-electron chi connectivity index (χ2n) is 15.1. The zero-order valence-electron chi connectivity index (χ0n) is 23.1. The van der Waals surface area contributed by atoms with Gasteiger partial charge in [0.15, 0.2) is 5.78 Å². The molecule has 0 heterocycles. The third kappa shape index (κ3) is 2.90. The van der Waals surface area contributed by atoms with Crippen molar-refractivity contribution in [3.63, 3.8) is 0 Å². The lowest BCUT2D eigenvalue weighted by atomic mass is 9.33. The topological polar surface area (TPSA) is 115 Å². The first-order chi connectivity index (χ1) is 16.4.